The van der Waals surface area contributed by atoms with Crippen LogP contribution in [0.1, 0.15) is 17.2 Å². The number of hydrogen-bond donors (Lipinski definition) is 1. The molecule has 0 aliphatic carbocycles. The molecule has 1 fully saturated rings. The molecular weight excluding hydrogens is 354 g/mol. The summed E-state index contributed by atoms with van der Waals surface area (Å²) in [4.78, 5) is 19.2. The summed E-state index contributed by atoms with van der Waals surface area (Å²) >= 11 is 1.71. The molecule has 1 amide bonds. The second kappa shape index (κ2) is 7.95. The first-order chi connectivity index (χ1) is 11.8. The Kier molecular flexibility index (Phi) is 5.68. The third kappa shape index (κ3) is 3.68. The molecule has 4 rings (SSSR count). The lowest BCUT2D eigenvalue weighted by Gasteiger charge is -2.36. The molecule has 25 heavy (non-hydrogen) atoms. The molecule has 3 aromatic rings. The van der Waals surface area contributed by atoms with Crippen LogP contribution in [0.3, 0.4) is 0 Å². The number of amides is 1. The summed E-state index contributed by atoms with van der Waals surface area (Å²) in [5, 5.41) is 6.70. The van der Waals surface area contributed by atoms with Crippen LogP contribution in [0.25, 0.3) is 10.1 Å². The van der Waals surface area contributed by atoms with E-state index in [4.69, 9.17) is 0 Å². The van der Waals surface area contributed by atoms with E-state index in [0.29, 0.717) is 6.42 Å². The number of thiophene rings is 1. The van der Waals surface area contributed by atoms with Crippen molar-refractivity contribution >= 4 is 39.7 Å². The van der Waals surface area contributed by atoms with E-state index in [9.17, 15) is 4.79 Å². The number of pyridine rings is 1. The van der Waals surface area contributed by atoms with Crippen LogP contribution in [0.5, 0.6) is 0 Å². The van der Waals surface area contributed by atoms with E-state index in [2.05, 4.69) is 27.8 Å². The molecule has 0 radical (unpaired) electrons. The molecule has 0 saturated carbocycles. The Hall–Kier alpha value is -1.95. The summed E-state index contributed by atoms with van der Waals surface area (Å²) in [5.41, 5.74) is 2.22. The molecule has 1 unspecified atom stereocenters. The summed E-state index contributed by atoms with van der Waals surface area (Å²) in [6.45, 7) is 2.36. The minimum Gasteiger partial charge on any atom is -0.333 e. The van der Waals surface area contributed by atoms with Gasteiger partial charge in [0.1, 0.15) is 0 Å². The van der Waals surface area contributed by atoms with Crippen LogP contribution in [-0.2, 0) is 11.2 Å². The lowest BCUT2D eigenvalue weighted by Crippen LogP contribution is -2.49. The molecule has 2 aromatic heterocycles. The maximum absolute atomic E-state index is 13.0. The van der Waals surface area contributed by atoms with Crippen molar-refractivity contribution in [3.63, 3.8) is 0 Å². The van der Waals surface area contributed by atoms with Crippen molar-refractivity contribution in [3.05, 3.63) is 65.3 Å². The van der Waals surface area contributed by atoms with Crippen molar-refractivity contribution in [2.75, 3.05) is 19.6 Å². The van der Waals surface area contributed by atoms with Crippen LogP contribution in [0.2, 0.25) is 0 Å². The molecule has 1 atom stereocenters. The van der Waals surface area contributed by atoms with Crippen LogP contribution in [0.4, 0.5) is 0 Å². The zero-order valence-corrected chi connectivity index (χ0v) is 15.4. The summed E-state index contributed by atoms with van der Waals surface area (Å²) in [5.74, 6) is 0.189. The highest BCUT2D eigenvalue weighted by Gasteiger charge is 2.28. The third-order valence-electron chi connectivity index (χ3n) is 4.54. The predicted octanol–water partition coefficient (Wildman–Crippen LogP) is 3.43. The fourth-order valence-corrected chi connectivity index (χ4v) is 4.27. The number of hydrogen-bond acceptors (Lipinski definition) is 4. The third-order valence-corrected chi connectivity index (χ3v) is 5.55. The zero-order valence-electron chi connectivity index (χ0n) is 13.7. The van der Waals surface area contributed by atoms with Crippen LogP contribution in [0.15, 0.2) is 54.2 Å². The lowest BCUT2D eigenvalue weighted by molar-refractivity contribution is -0.133. The molecule has 130 valence electrons. The number of fused-ring (bicyclic) bond motifs is 1. The fraction of sp³-hybridized carbons (Fsp3) is 0.263. The smallest absolute Gasteiger partial charge is 0.227 e. The largest absolute Gasteiger partial charge is 0.333 e. The number of nitrogens with one attached hydrogen (secondary N) is 1. The Labute approximate surface area is 157 Å². The van der Waals surface area contributed by atoms with Gasteiger partial charge in [0.05, 0.1) is 12.5 Å². The summed E-state index contributed by atoms with van der Waals surface area (Å²) in [6.07, 6.45) is 4.09. The second-order valence-electron chi connectivity index (χ2n) is 6.03. The van der Waals surface area contributed by atoms with Crippen molar-refractivity contribution < 1.29 is 4.79 Å². The molecule has 4 nitrogen and oxygen atoms in total. The molecule has 1 aliphatic heterocycles. The Balaban J connectivity index is 0.00000182. The standard InChI is InChI=1S/C19H19N3OS.ClH/c23-19(10-15-13-24-18-6-2-1-5-16(15)18)22-9-8-21-12-17(22)14-4-3-7-20-11-14;/h1-7,11,13,17,21H,8-10,12H2;1H. The van der Waals surface area contributed by atoms with Gasteiger partial charge in [0.15, 0.2) is 0 Å². The topological polar surface area (TPSA) is 45.2 Å². The molecular formula is C19H20ClN3OS. The van der Waals surface area contributed by atoms with Crippen molar-refractivity contribution in [3.8, 4) is 0 Å². The average Bonchev–Trinajstić information content (AvgIpc) is 3.05. The minimum absolute atomic E-state index is 0. The SMILES string of the molecule is Cl.O=C(Cc1csc2ccccc12)N1CCNCC1c1cccnc1. The Morgan fingerprint density at radius 3 is 3.00 bits per heavy atom. The Morgan fingerprint density at radius 2 is 2.16 bits per heavy atom. The van der Waals surface area contributed by atoms with Crippen LogP contribution < -0.4 is 5.32 Å². The molecule has 0 bridgehead atoms. The number of rotatable bonds is 3. The number of halogens is 1. The molecule has 3 heterocycles. The van der Waals surface area contributed by atoms with E-state index in [1.807, 2.05) is 35.4 Å². The normalized spacial score (nSPS) is 17.3. The first kappa shape index (κ1) is 17.9. The number of benzene rings is 1. The van der Waals surface area contributed by atoms with Gasteiger partial charge in [0.2, 0.25) is 5.91 Å². The van der Waals surface area contributed by atoms with Gasteiger partial charge in [0, 0.05) is 36.7 Å². The zero-order chi connectivity index (χ0) is 16.4. The summed E-state index contributed by atoms with van der Waals surface area (Å²) in [7, 11) is 0. The second-order valence-corrected chi connectivity index (χ2v) is 6.94. The molecule has 1 aromatic carbocycles. The van der Waals surface area contributed by atoms with E-state index < -0.39 is 0 Å². The Morgan fingerprint density at radius 1 is 1.28 bits per heavy atom. The van der Waals surface area contributed by atoms with Crippen LogP contribution in [-0.4, -0.2) is 35.4 Å². The van der Waals surface area contributed by atoms with E-state index in [1.54, 1.807) is 17.5 Å². The van der Waals surface area contributed by atoms with Gasteiger partial charge < -0.3 is 10.2 Å². The summed E-state index contributed by atoms with van der Waals surface area (Å²) in [6, 6.07) is 12.3. The molecule has 1 saturated heterocycles. The predicted molar refractivity (Wildman–Crippen MR) is 104 cm³/mol. The van der Waals surface area contributed by atoms with Gasteiger partial charge in [-0.05, 0) is 34.0 Å². The highest BCUT2D eigenvalue weighted by atomic mass is 35.5. The van der Waals surface area contributed by atoms with E-state index in [-0.39, 0.29) is 24.4 Å². The summed E-state index contributed by atoms with van der Waals surface area (Å²) < 4.78 is 1.24. The lowest BCUT2D eigenvalue weighted by atomic mass is 10.0. The van der Waals surface area contributed by atoms with Crippen molar-refractivity contribution in [1.29, 1.82) is 0 Å². The number of piperazine rings is 1. The molecule has 0 spiro atoms. The maximum atomic E-state index is 13.0. The van der Waals surface area contributed by atoms with Gasteiger partial charge in [-0.2, -0.15) is 0 Å². The number of carbonyl (C=O) groups is 1. The Bertz CT molecular complexity index is 852. The van der Waals surface area contributed by atoms with E-state index in [0.717, 1.165) is 30.8 Å². The van der Waals surface area contributed by atoms with Gasteiger partial charge >= 0.3 is 0 Å². The molecule has 1 N–H and O–H groups in total. The fourth-order valence-electron chi connectivity index (χ4n) is 3.31. The van der Waals surface area contributed by atoms with E-state index >= 15 is 0 Å². The number of aromatic nitrogens is 1. The van der Waals surface area contributed by atoms with Gasteiger partial charge in [-0.25, -0.2) is 0 Å². The monoisotopic (exact) mass is 373 g/mol. The first-order valence-electron chi connectivity index (χ1n) is 8.18. The quantitative estimate of drug-likeness (QED) is 0.765. The van der Waals surface area contributed by atoms with E-state index in [1.165, 1.54) is 10.1 Å². The van der Waals surface area contributed by atoms with Gasteiger partial charge in [-0.3, -0.25) is 9.78 Å². The molecule has 6 heteroatoms. The van der Waals surface area contributed by atoms with Gasteiger partial charge in [0.25, 0.3) is 0 Å². The average molecular weight is 374 g/mol. The highest BCUT2D eigenvalue weighted by Crippen LogP contribution is 2.28. The van der Waals surface area contributed by atoms with Crippen molar-refractivity contribution in [2.24, 2.45) is 0 Å². The number of nitrogens with zero attached hydrogens (tertiary/aromatic N) is 2. The van der Waals surface area contributed by atoms with Crippen molar-refractivity contribution in [1.82, 2.24) is 15.2 Å². The molecule has 1 aliphatic rings. The first-order valence-corrected chi connectivity index (χ1v) is 9.06. The minimum atomic E-state index is 0. The van der Waals surface area contributed by atoms with Crippen LogP contribution >= 0.6 is 23.7 Å². The van der Waals surface area contributed by atoms with Gasteiger partial charge in [-0.1, -0.05) is 24.3 Å². The van der Waals surface area contributed by atoms with Gasteiger partial charge in [-0.15, -0.1) is 23.7 Å². The highest BCUT2D eigenvalue weighted by molar-refractivity contribution is 7.17. The van der Waals surface area contributed by atoms with Crippen molar-refractivity contribution in [2.45, 2.75) is 12.5 Å². The maximum Gasteiger partial charge on any atom is 0.227 e. The van der Waals surface area contributed by atoms with Crippen LogP contribution in [0, 0.1) is 0 Å². The number of carbonyl (C=O) groups excluding carboxylic acids is 1.